The van der Waals surface area contributed by atoms with Crippen molar-refractivity contribution in [1.29, 1.82) is 0 Å². The average Bonchev–Trinajstić information content (AvgIpc) is 2.45. The summed E-state index contributed by atoms with van der Waals surface area (Å²) in [6.07, 6.45) is 0.965. The Morgan fingerprint density at radius 2 is 1.81 bits per heavy atom. The van der Waals surface area contributed by atoms with Crippen LogP contribution in [-0.4, -0.2) is 11.5 Å². The van der Waals surface area contributed by atoms with E-state index in [1.54, 1.807) is 12.1 Å². The molecule has 21 heavy (non-hydrogen) atoms. The third-order valence-corrected chi connectivity index (χ3v) is 3.40. The quantitative estimate of drug-likeness (QED) is 0.787. The van der Waals surface area contributed by atoms with E-state index >= 15 is 0 Å². The maximum absolute atomic E-state index is 13.1. The van der Waals surface area contributed by atoms with Gasteiger partial charge in [0.05, 0.1) is 10.0 Å². The highest BCUT2D eigenvalue weighted by atomic mass is 35.5. The molecule has 2 rings (SSSR count). The molecule has 0 fully saturated rings. The topological polar surface area (TPSA) is 37.0 Å². The number of nitrogens with one attached hydrogen (secondary N) is 2. The van der Waals surface area contributed by atoms with E-state index in [4.69, 9.17) is 23.2 Å². The van der Waals surface area contributed by atoms with Crippen molar-refractivity contribution < 1.29 is 4.39 Å². The summed E-state index contributed by atoms with van der Waals surface area (Å²) in [6.45, 7) is 3.26. The molecule has 1 heterocycles. The van der Waals surface area contributed by atoms with Gasteiger partial charge in [-0.25, -0.2) is 9.37 Å². The molecule has 0 spiro atoms. The minimum atomic E-state index is -0.269. The summed E-state index contributed by atoms with van der Waals surface area (Å²) in [4.78, 5) is 4.37. The predicted molar refractivity (Wildman–Crippen MR) is 86.8 cm³/mol. The number of hydrogen-bond acceptors (Lipinski definition) is 3. The monoisotopic (exact) mass is 327 g/mol. The summed E-state index contributed by atoms with van der Waals surface area (Å²) in [5, 5.41) is 7.13. The lowest BCUT2D eigenvalue weighted by molar-refractivity contribution is 0.626. The molecule has 6 heteroatoms. The fraction of sp³-hybridized carbons (Fsp3) is 0.267. The number of anilines is 2. The number of nitrogens with zero attached hydrogens (tertiary/aromatic N) is 1. The lowest BCUT2D eigenvalue weighted by Crippen LogP contribution is -2.07. The van der Waals surface area contributed by atoms with Crippen LogP contribution in [0.3, 0.4) is 0 Å². The van der Waals surface area contributed by atoms with Crippen molar-refractivity contribution in [2.24, 2.45) is 0 Å². The van der Waals surface area contributed by atoms with Crippen LogP contribution in [0.15, 0.2) is 30.3 Å². The zero-order valence-electron chi connectivity index (χ0n) is 11.6. The van der Waals surface area contributed by atoms with Crippen molar-refractivity contribution in [3.05, 3.63) is 51.8 Å². The van der Waals surface area contributed by atoms with E-state index in [9.17, 15) is 4.39 Å². The predicted octanol–water partition coefficient (Wildman–Crippen LogP) is 4.96. The first-order valence-corrected chi connectivity index (χ1v) is 7.44. The molecule has 112 valence electrons. The van der Waals surface area contributed by atoms with E-state index in [1.165, 1.54) is 12.1 Å². The maximum Gasteiger partial charge on any atom is 0.147 e. The fourth-order valence-corrected chi connectivity index (χ4v) is 2.28. The van der Waals surface area contributed by atoms with Crippen molar-refractivity contribution >= 4 is 34.8 Å². The average molecular weight is 328 g/mol. The Bertz CT molecular complexity index is 620. The summed E-state index contributed by atoms with van der Waals surface area (Å²) in [7, 11) is 0. The van der Waals surface area contributed by atoms with E-state index < -0.39 is 0 Å². The first-order valence-electron chi connectivity index (χ1n) is 6.68. The van der Waals surface area contributed by atoms with Crippen LogP contribution in [0.1, 0.15) is 18.9 Å². The van der Waals surface area contributed by atoms with E-state index in [-0.39, 0.29) is 5.82 Å². The molecule has 1 aromatic carbocycles. The van der Waals surface area contributed by atoms with E-state index in [1.807, 2.05) is 6.07 Å². The first-order chi connectivity index (χ1) is 10.1. The molecule has 0 aliphatic rings. The fourth-order valence-electron chi connectivity index (χ4n) is 1.79. The van der Waals surface area contributed by atoms with Crippen LogP contribution in [0, 0.1) is 5.82 Å². The molecule has 0 unspecified atom stereocenters. The van der Waals surface area contributed by atoms with Gasteiger partial charge in [0, 0.05) is 13.1 Å². The van der Waals surface area contributed by atoms with Crippen LogP contribution in [0.4, 0.5) is 16.0 Å². The molecule has 1 aromatic heterocycles. The van der Waals surface area contributed by atoms with Crippen molar-refractivity contribution in [3.63, 3.8) is 0 Å². The second kappa shape index (κ2) is 7.48. The van der Waals surface area contributed by atoms with Gasteiger partial charge in [0.25, 0.3) is 0 Å². The molecular formula is C15H16Cl2FN3. The van der Waals surface area contributed by atoms with Gasteiger partial charge in [0.2, 0.25) is 0 Å². The Balaban J connectivity index is 2.11. The van der Waals surface area contributed by atoms with Gasteiger partial charge in [-0.2, -0.15) is 0 Å². The maximum atomic E-state index is 13.1. The standard InChI is InChI=1S/C15H16Cl2FN3/c1-2-6-19-14-12(16)8-13(17)15(21-14)20-9-10-4-3-5-11(18)7-10/h3-5,7-8H,2,6,9H2,1H3,(H2,19,20,21). The number of hydrogen-bond donors (Lipinski definition) is 2. The number of aromatic nitrogens is 1. The Labute approximate surface area is 133 Å². The molecular weight excluding hydrogens is 312 g/mol. The Kier molecular flexibility index (Phi) is 5.65. The van der Waals surface area contributed by atoms with Crippen LogP contribution < -0.4 is 10.6 Å². The number of halogens is 3. The van der Waals surface area contributed by atoms with Crippen LogP contribution in [-0.2, 0) is 6.54 Å². The third-order valence-electron chi connectivity index (χ3n) is 2.82. The van der Waals surface area contributed by atoms with Crippen molar-refractivity contribution in [2.45, 2.75) is 19.9 Å². The van der Waals surface area contributed by atoms with E-state index in [2.05, 4.69) is 22.5 Å². The second-order valence-corrected chi connectivity index (χ2v) is 5.37. The number of benzene rings is 1. The number of pyridine rings is 1. The van der Waals surface area contributed by atoms with Crippen LogP contribution in [0.25, 0.3) is 0 Å². The van der Waals surface area contributed by atoms with Crippen molar-refractivity contribution in [2.75, 3.05) is 17.2 Å². The lowest BCUT2D eigenvalue weighted by atomic mass is 10.2. The van der Waals surface area contributed by atoms with Gasteiger partial charge < -0.3 is 10.6 Å². The molecule has 0 saturated carbocycles. The summed E-state index contributed by atoms with van der Waals surface area (Å²) >= 11 is 12.2. The molecule has 3 nitrogen and oxygen atoms in total. The normalized spacial score (nSPS) is 10.5. The summed E-state index contributed by atoms with van der Waals surface area (Å²) in [5.74, 6) is 0.836. The van der Waals surface area contributed by atoms with E-state index in [0.29, 0.717) is 28.2 Å². The van der Waals surface area contributed by atoms with Crippen LogP contribution in [0.5, 0.6) is 0 Å². The largest absolute Gasteiger partial charge is 0.369 e. The zero-order valence-corrected chi connectivity index (χ0v) is 13.1. The highest BCUT2D eigenvalue weighted by Crippen LogP contribution is 2.29. The minimum Gasteiger partial charge on any atom is -0.369 e. The summed E-state index contributed by atoms with van der Waals surface area (Å²) in [6, 6.07) is 8.01. The second-order valence-electron chi connectivity index (χ2n) is 4.56. The van der Waals surface area contributed by atoms with Gasteiger partial charge in [-0.15, -0.1) is 0 Å². The summed E-state index contributed by atoms with van der Waals surface area (Å²) in [5.41, 5.74) is 0.811. The molecule has 0 aliphatic heterocycles. The van der Waals surface area contributed by atoms with Gasteiger partial charge in [0.1, 0.15) is 17.5 Å². The van der Waals surface area contributed by atoms with Gasteiger partial charge >= 0.3 is 0 Å². The number of rotatable bonds is 6. The zero-order chi connectivity index (χ0) is 15.2. The van der Waals surface area contributed by atoms with Crippen LogP contribution in [0.2, 0.25) is 10.0 Å². The third kappa shape index (κ3) is 4.48. The summed E-state index contributed by atoms with van der Waals surface area (Å²) < 4.78 is 13.1. The first kappa shape index (κ1) is 15.9. The highest BCUT2D eigenvalue weighted by Gasteiger charge is 2.09. The van der Waals surface area contributed by atoms with E-state index in [0.717, 1.165) is 18.5 Å². The van der Waals surface area contributed by atoms with Gasteiger partial charge in [-0.05, 0) is 30.2 Å². The molecule has 0 aliphatic carbocycles. The molecule has 0 saturated heterocycles. The Morgan fingerprint density at radius 3 is 2.48 bits per heavy atom. The SMILES string of the molecule is CCCNc1nc(NCc2cccc(F)c2)c(Cl)cc1Cl. The molecule has 0 atom stereocenters. The van der Waals surface area contributed by atoms with Crippen molar-refractivity contribution in [1.82, 2.24) is 4.98 Å². The van der Waals surface area contributed by atoms with Gasteiger partial charge in [-0.3, -0.25) is 0 Å². The highest BCUT2D eigenvalue weighted by molar-refractivity contribution is 6.37. The molecule has 2 N–H and O–H groups in total. The lowest BCUT2D eigenvalue weighted by Gasteiger charge is -2.12. The Morgan fingerprint density at radius 1 is 1.10 bits per heavy atom. The molecule has 0 bridgehead atoms. The van der Waals surface area contributed by atoms with Crippen LogP contribution >= 0.6 is 23.2 Å². The van der Waals surface area contributed by atoms with Crippen molar-refractivity contribution in [3.8, 4) is 0 Å². The minimum absolute atomic E-state index is 0.269. The molecule has 0 amide bonds. The molecule has 0 radical (unpaired) electrons. The van der Waals surface area contributed by atoms with Gasteiger partial charge in [0.15, 0.2) is 0 Å². The smallest absolute Gasteiger partial charge is 0.147 e. The van der Waals surface area contributed by atoms with Gasteiger partial charge in [-0.1, -0.05) is 42.3 Å². The Hall–Kier alpha value is -1.52. The molecule has 2 aromatic rings.